The summed E-state index contributed by atoms with van der Waals surface area (Å²) in [5.74, 6) is -0.180. The number of anilines is 1. The SMILES string of the molecule is CCNC(=O)c1ccc2c(c1)N(S(C)(=O)=O)CC2. The van der Waals surface area contributed by atoms with Gasteiger partial charge in [-0.2, -0.15) is 0 Å². The van der Waals surface area contributed by atoms with Crippen LogP contribution in [0.5, 0.6) is 0 Å². The summed E-state index contributed by atoms with van der Waals surface area (Å²) < 4.78 is 24.6. The van der Waals surface area contributed by atoms with Crippen molar-refractivity contribution in [3.63, 3.8) is 0 Å². The summed E-state index contributed by atoms with van der Waals surface area (Å²) >= 11 is 0. The molecule has 1 aliphatic heterocycles. The summed E-state index contributed by atoms with van der Waals surface area (Å²) in [4.78, 5) is 11.7. The number of hydrogen-bond acceptors (Lipinski definition) is 3. The second-order valence-electron chi connectivity index (χ2n) is 4.29. The van der Waals surface area contributed by atoms with Crippen LogP contribution in [0.2, 0.25) is 0 Å². The smallest absolute Gasteiger partial charge is 0.251 e. The lowest BCUT2D eigenvalue weighted by molar-refractivity contribution is 0.0956. The van der Waals surface area contributed by atoms with Gasteiger partial charge in [-0.1, -0.05) is 6.07 Å². The van der Waals surface area contributed by atoms with E-state index in [4.69, 9.17) is 0 Å². The predicted octanol–water partition coefficient (Wildman–Crippen LogP) is 0.758. The summed E-state index contributed by atoms with van der Waals surface area (Å²) in [5.41, 5.74) is 2.08. The van der Waals surface area contributed by atoms with Gasteiger partial charge in [0.2, 0.25) is 10.0 Å². The van der Waals surface area contributed by atoms with E-state index in [9.17, 15) is 13.2 Å². The fraction of sp³-hybridized carbons (Fsp3) is 0.417. The van der Waals surface area contributed by atoms with Gasteiger partial charge in [0.25, 0.3) is 5.91 Å². The van der Waals surface area contributed by atoms with E-state index in [2.05, 4.69) is 5.32 Å². The van der Waals surface area contributed by atoms with Crippen LogP contribution in [0.15, 0.2) is 18.2 Å². The number of nitrogens with zero attached hydrogens (tertiary/aromatic N) is 1. The largest absolute Gasteiger partial charge is 0.352 e. The number of carbonyl (C=O) groups excluding carboxylic acids is 1. The molecule has 6 heteroatoms. The molecule has 1 heterocycles. The van der Waals surface area contributed by atoms with Crippen LogP contribution in [0.4, 0.5) is 5.69 Å². The van der Waals surface area contributed by atoms with E-state index in [0.29, 0.717) is 30.8 Å². The average molecular weight is 268 g/mol. The first-order chi connectivity index (χ1) is 8.43. The number of benzene rings is 1. The first-order valence-electron chi connectivity index (χ1n) is 5.82. The highest BCUT2D eigenvalue weighted by atomic mass is 32.2. The summed E-state index contributed by atoms with van der Waals surface area (Å²) in [5, 5.41) is 2.70. The van der Waals surface area contributed by atoms with Crippen molar-refractivity contribution in [2.75, 3.05) is 23.7 Å². The van der Waals surface area contributed by atoms with E-state index in [1.165, 1.54) is 10.6 Å². The first-order valence-corrected chi connectivity index (χ1v) is 7.67. The second-order valence-corrected chi connectivity index (χ2v) is 6.19. The lowest BCUT2D eigenvalue weighted by Gasteiger charge is -2.17. The number of fused-ring (bicyclic) bond motifs is 1. The third kappa shape index (κ3) is 2.33. The highest BCUT2D eigenvalue weighted by Gasteiger charge is 2.26. The molecule has 0 spiro atoms. The van der Waals surface area contributed by atoms with E-state index in [-0.39, 0.29) is 5.91 Å². The Balaban J connectivity index is 2.40. The van der Waals surface area contributed by atoms with Gasteiger partial charge in [0, 0.05) is 18.7 Å². The van der Waals surface area contributed by atoms with Gasteiger partial charge in [-0.25, -0.2) is 8.42 Å². The Bertz CT molecular complexity index is 581. The molecule has 1 N–H and O–H groups in total. The molecule has 18 heavy (non-hydrogen) atoms. The summed E-state index contributed by atoms with van der Waals surface area (Å²) in [6, 6.07) is 5.20. The lowest BCUT2D eigenvalue weighted by Crippen LogP contribution is -2.28. The number of sulfonamides is 1. The molecule has 0 fully saturated rings. The number of amides is 1. The predicted molar refractivity (Wildman–Crippen MR) is 70.3 cm³/mol. The van der Waals surface area contributed by atoms with Crippen LogP contribution in [0.3, 0.4) is 0 Å². The Morgan fingerprint density at radius 1 is 1.44 bits per heavy atom. The minimum absolute atomic E-state index is 0.180. The number of rotatable bonds is 3. The molecule has 1 aliphatic rings. The molecule has 1 aromatic rings. The Kier molecular flexibility index (Phi) is 3.30. The van der Waals surface area contributed by atoms with Gasteiger partial charge in [0.15, 0.2) is 0 Å². The topological polar surface area (TPSA) is 66.5 Å². The Hall–Kier alpha value is -1.56. The maximum absolute atomic E-state index is 11.7. The molecule has 0 radical (unpaired) electrons. The van der Waals surface area contributed by atoms with Crippen molar-refractivity contribution in [3.05, 3.63) is 29.3 Å². The maximum atomic E-state index is 11.7. The van der Waals surface area contributed by atoms with E-state index < -0.39 is 10.0 Å². The van der Waals surface area contributed by atoms with Gasteiger partial charge >= 0.3 is 0 Å². The zero-order valence-electron chi connectivity index (χ0n) is 10.4. The van der Waals surface area contributed by atoms with Crippen LogP contribution in [0.25, 0.3) is 0 Å². The molecule has 1 amide bonds. The van der Waals surface area contributed by atoms with Gasteiger partial charge < -0.3 is 5.32 Å². The molecule has 5 nitrogen and oxygen atoms in total. The Morgan fingerprint density at radius 3 is 2.78 bits per heavy atom. The van der Waals surface area contributed by atoms with Gasteiger partial charge in [0.05, 0.1) is 11.9 Å². The van der Waals surface area contributed by atoms with Crippen molar-refractivity contribution < 1.29 is 13.2 Å². The zero-order chi connectivity index (χ0) is 13.3. The molecule has 0 aliphatic carbocycles. The molecule has 0 unspecified atom stereocenters. The number of hydrogen-bond donors (Lipinski definition) is 1. The monoisotopic (exact) mass is 268 g/mol. The summed E-state index contributed by atoms with van der Waals surface area (Å²) in [6.45, 7) is 2.84. The highest BCUT2D eigenvalue weighted by molar-refractivity contribution is 7.92. The summed E-state index contributed by atoms with van der Waals surface area (Å²) in [7, 11) is -3.27. The van der Waals surface area contributed by atoms with Crippen LogP contribution < -0.4 is 9.62 Å². The number of nitrogens with one attached hydrogen (secondary N) is 1. The molecule has 98 valence electrons. The van der Waals surface area contributed by atoms with Crippen LogP contribution in [-0.4, -0.2) is 33.7 Å². The summed E-state index contributed by atoms with van der Waals surface area (Å²) in [6.07, 6.45) is 1.87. The second kappa shape index (κ2) is 4.61. The standard InChI is InChI=1S/C12H16N2O3S/c1-3-13-12(15)10-5-4-9-6-7-14(11(9)8-10)18(2,16)17/h4-5,8H,3,6-7H2,1-2H3,(H,13,15). The number of carbonyl (C=O) groups is 1. The molecule has 0 bridgehead atoms. The minimum atomic E-state index is -3.27. The normalized spacial score (nSPS) is 14.4. The molecular weight excluding hydrogens is 252 g/mol. The lowest BCUT2D eigenvalue weighted by atomic mass is 10.1. The maximum Gasteiger partial charge on any atom is 0.251 e. The molecule has 2 rings (SSSR count). The van der Waals surface area contributed by atoms with Gasteiger partial charge in [-0.3, -0.25) is 9.10 Å². The van der Waals surface area contributed by atoms with E-state index in [0.717, 1.165) is 5.56 Å². The van der Waals surface area contributed by atoms with Gasteiger partial charge in [-0.15, -0.1) is 0 Å². The average Bonchev–Trinajstić information content (AvgIpc) is 2.71. The fourth-order valence-corrected chi connectivity index (χ4v) is 3.05. The van der Waals surface area contributed by atoms with Crippen LogP contribution in [-0.2, 0) is 16.4 Å². The van der Waals surface area contributed by atoms with E-state index >= 15 is 0 Å². The Labute approximate surface area is 107 Å². The first kappa shape index (κ1) is 12.9. The van der Waals surface area contributed by atoms with Crippen LogP contribution in [0.1, 0.15) is 22.8 Å². The van der Waals surface area contributed by atoms with Crippen LogP contribution >= 0.6 is 0 Å². The van der Waals surface area contributed by atoms with Gasteiger partial charge in [-0.05, 0) is 31.0 Å². The minimum Gasteiger partial charge on any atom is -0.352 e. The highest BCUT2D eigenvalue weighted by Crippen LogP contribution is 2.30. The molecule has 0 saturated carbocycles. The van der Waals surface area contributed by atoms with Crippen molar-refractivity contribution in [2.24, 2.45) is 0 Å². The third-order valence-corrected chi connectivity index (χ3v) is 4.12. The van der Waals surface area contributed by atoms with Crippen molar-refractivity contribution in [1.29, 1.82) is 0 Å². The molecular formula is C12H16N2O3S. The van der Waals surface area contributed by atoms with E-state index in [1.807, 2.05) is 13.0 Å². The van der Waals surface area contributed by atoms with Crippen molar-refractivity contribution in [2.45, 2.75) is 13.3 Å². The van der Waals surface area contributed by atoms with Crippen LogP contribution in [0, 0.1) is 0 Å². The molecule has 0 aromatic heterocycles. The molecule has 1 aromatic carbocycles. The Morgan fingerprint density at radius 2 is 2.17 bits per heavy atom. The van der Waals surface area contributed by atoms with Crippen molar-refractivity contribution in [1.82, 2.24) is 5.32 Å². The fourth-order valence-electron chi connectivity index (χ4n) is 2.10. The third-order valence-electron chi connectivity index (χ3n) is 2.94. The molecule has 0 atom stereocenters. The van der Waals surface area contributed by atoms with Gasteiger partial charge in [0.1, 0.15) is 0 Å². The van der Waals surface area contributed by atoms with Crippen molar-refractivity contribution in [3.8, 4) is 0 Å². The van der Waals surface area contributed by atoms with Crippen molar-refractivity contribution >= 4 is 21.6 Å². The van der Waals surface area contributed by atoms with E-state index in [1.54, 1.807) is 12.1 Å². The molecule has 0 saturated heterocycles. The quantitative estimate of drug-likeness (QED) is 0.880. The zero-order valence-corrected chi connectivity index (χ0v) is 11.3.